The summed E-state index contributed by atoms with van der Waals surface area (Å²) >= 11 is 0. The molecule has 1 aliphatic rings. The van der Waals surface area contributed by atoms with Crippen LogP contribution in [0.3, 0.4) is 0 Å². The first-order chi connectivity index (χ1) is 10.4. The number of benzene rings is 2. The molecule has 22 heavy (non-hydrogen) atoms. The minimum atomic E-state index is -0.824. The number of fused-ring (bicyclic) bond motifs is 1. The van der Waals surface area contributed by atoms with E-state index in [2.05, 4.69) is 56.3 Å². The van der Waals surface area contributed by atoms with Crippen molar-refractivity contribution in [1.29, 1.82) is 0 Å². The molecule has 0 aromatic heterocycles. The van der Waals surface area contributed by atoms with Crippen LogP contribution in [0.15, 0.2) is 54.6 Å². The van der Waals surface area contributed by atoms with Crippen molar-refractivity contribution in [3.63, 3.8) is 0 Å². The SMILES string of the molecule is CN(C)C[C@@]1(C)Cc2ccccc2[C@@]1(O)Cc1ccccc1. The average molecular weight is 295 g/mol. The lowest BCUT2D eigenvalue weighted by Gasteiger charge is -2.42. The van der Waals surface area contributed by atoms with Gasteiger partial charge >= 0.3 is 0 Å². The molecule has 2 heteroatoms. The van der Waals surface area contributed by atoms with Crippen molar-refractivity contribution in [3.05, 3.63) is 71.3 Å². The van der Waals surface area contributed by atoms with Crippen LogP contribution in [0, 0.1) is 5.41 Å². The smallest absolute Gasteiger partial charge is 0.101 e. The van der Waals surface area contributed by atoms with E-state index < -0.39 is 5.60 Å². The molecule has 0 spiro atoms. The molecule has 0 saturated carbocycles. The predicted molar refractivity (Wildman–Crippen MR) is 90.8 cm³/mol. The fraction of sp³-hybridized carbons (Fsp3) is 0.400. The largest absolute Gasteiger partial charge is 0.384 e. The van der Waals surface area contributed by atoms with Crippen molar-refractivity contribution in [2.45, 2.75) is 25.4 Å². The molecule has 1 N–H and O–H groups in total. The number of rotatable bonds is 4. The van der Waals surface area contributed by atoms with E-state index in [0.717, 1.165) is 18.5 Å². The predicted octanol–water partition coefficient (Wildman–Crippen LogP) is 3.24. The van der Waals surface area contributed by atoms with Crippen molar-refractivity contribution in [2.24, 2.45) is 5.41 Å². The van der Waals surface area contributed by atoms with Gasteiger partial charge in [-0.1, -0.05) is 61.5 Å². The number of nitrogens with zero attached hydrogens (tertiary/aromatic N) is 1. The van der Waals surface area contributed by atoms with Crippen LogP contribution in [0.2, 0.25) is 0 Å². The van der Waals surface area contributed by atoms with Gasteiger partial charge in [0.1, 0.15) is 5.60 Å². The summed E-state index contributed by atoms with van der Waals surface area (Å²) in [5, 5.41) is 11.7. The van der Waals surface area contributed by atoms with E-state index in [-0.39, 0.29) is 5.41 Å². The van der Waals surface area contributed by atoms with Crippen molar-refractivity contribution < 1.29 is 5.11 Å². The van der Waals surface area contributed by atoms with E-state index in [1.54, 1.807) is 0 Å². The minimum Gasteiger partial charge on any atom is -0.384 e. The van der Waals surface area contributed by atoms with Gasteiger partial charge in [0.05, 0.1) is 0 Å². The van der Waals surface area contributed by atoms with Crippen molar-refractivity contribution in [1.82, 2.24) is 4.90 Å². The Morgan fingerprint density at radius 1 is 1.00 bits per heavy atom. The van der Waals surface area contributed by atoms with Crippen molar-refractivity contribution >= 4 is 0 Å². The molecule has 0 radical (unpaired) electrons. The second kappa shape index (κ2) is 5.53. The summed E-state index contributed by atoms with van der Waals surface area (Å²) in [7, 11) is 4.16. The number of hydrogen-bond donors (Lipinski definition) is 1. The summed E-state index contributed by atoms with van der Waals surface area (Å²) in [5.74, 6) is 0. The van der Waals surface area contributed by atoms with Gasteiger partial charge in [-0.3, -0.25) is 0 Å². The van der Waals surface area contributed by atoms with Crippen LogP contribution in [0.1, 0.15) is 23.6 Å². The van der Waals surface area contributed by atoms with Gasteiger partial charge in [-0.05, 0) is 37.2 Å². The Labute approximate surface area is 133 Å². The van der Waals surface area contributed by atoms with Crippen LogP contribution >= 0.6 is 0 Å². The molecule has 0 bridgehead atoms. The van der Waals surface area contributed by atoms with Gasteiger partial charge in [0.2, 0.25) is 0 Å². The zero-order valence-corrected chi connectivity index (χ0v) is 13.7. The topological polar surface area (TPSA) is 23.5 Å². The lowest BCUT2D eigenvalue weighted by atomic mass is 9.70. The molecule has 2 atom stereocenters. The van der Waals surface area contributed by atoms with E-state index in [9.17, 15) is 5.11 Å². The summed E-state index contributed by atoms with van der Waals surface area (Å²) in [5.41, 5.74) is 2.56. The Kier molecular flexibility index (Phi) is 3.84. The van der Waals surface area contributed by atoms with Crippen LogP contribution in [-0.2, 0) is 18.4 Å². The first kappa shape index (κ1) is 15.3. The second-order valence-corrected chi connectivity index (χ2v) is 7.16. The Bertz CT molecular complexity index is 652. The lowest BCUT2D eigenvalue weighted by molar-refractivity contribution is -0.0787. The quantitative estimate of drug-likeness (QED) is 0.936. The molecule has 2 aromatic rings. The Hall–Kier alpha value is -1.64. The second-order valence-electron chi connectivity index (χ2n) is 7.16. The van der Waals surface area contributed by atoms with E-state index in [1.165, 1.54) is 11.1 Å². The first-order valence-corrected chi connectivity index (χ1v) is 7.94. The molecular weight excluding hydrogens is 270 g/mol. The molecule has 0 amide bonds. The van der Waals surface area contributed by atoms with Gasteiger partial charge < -0.3 is 10.0 Å². The normalized spacial score (nSPS) is 27.1. The third kappa shape index (κ3) is 2.47. The van der Waals surface area contributed by atoms with Gasteiger partial charge in [0.25, 0.3) is 0 Å². The van der Waals surface area contributed by atoms with Gasteiger partial charge in [0.15, 0.2) is 0 Å². The zero-order chi connectivity index (χ0) is 15.8. The highest BCUT2D eigenvalue weighted by Crippen LogP contribution is 2.52. The van der Waals surface area contributed by atoms with Gasteiger partial charge in [-0.25, -0.2) is 0 Å². The maximum Gasteiger partial charge on any atom is 0.101 e. The molecule has 2 aromatic carbocycles. The third-order valence-corrected chi connectivity index (χ3v) is 5.01. The summed E-state index contributed by atoms with van der Waals surface area (Å²) in [4.78, 5) is 2.18. The van der Waals surface area contributed by atoms with Crippen LogP contribution < -0.4 is 0 Å². The molecule has 0 saturated heterocycles. The van der Waals surface area contributed by atoms with Gasteiger partial charge in [-0.15, -0.1) is 0 Å². The van der Waals surface area contributed by atoms with Crippen LogP contribution in [0.4, 0.5) is 0 Å². The third-order valence-electron chi connectivity index (χ3n) is 5.01. The van der Waals surface area contributed by atoms with E-state index >= 15 is 0 Å². The van der Waals surface area contributed by atoms with Crippen molar-refractivity contribution in [3.8, 4) is 0 Å². The van der Waals surface area contributed by atoms with Crippen molar-refractivity contribution in [2.75, 3.05) is 20.6 Å². The fourth-order valence-corrected chi connectivity index (χ4v) is 4.05. The molecule has 0 heterocycles. The monoisotopic (exact) mass is 295 g/mol. The fourth-order valence-electron chi connectivity index (χ4n) is 4.05. The average Bonchev–Trinajstić information content (AvgIpc) is 2.67. The molecular formula is C20H25NO. The maximum absolute atomic E-state index is 11.7. The van der Waals surface area contributed by atoms with Gasteiger partial charge in [-0.2, -0.15) is 0 Å². The summed E-state index contributed by atoms with van der Waals surface area (Å²) < 4.78 is 0. The number of aliphatic hydroxyl groups is 1. The summed E-state index contributed by atoms with van der Waals surface area (Å²) in [6.45, 7) is 3.08. The van der Waals surface area contributed by atoms with Crippen LogP contribution in [-0.4, -0.2) is 30.6 Å². The summed E-state index contributed by atoms with van der Waals surface area (Å²) in [6.07, 6.45) is 1.58. The molecule has 1 aliphatic carbocycles. The standard InChI is InChI=1S/C20H25NO/c1-19(15-21(2)3)14-17-11-7-8-12-18(17)20(19,22)13-16-9-5-4-6-10-16/h4-12,22H,13-15H2,1-3H3/t19-,20+/m1/s1. The van der Waals surface area contributed by atoms with E-state index in [0.29, 0.717) is 6.42 Å². The maximum atomic E-state index is 11.7. The molecule has 0 aliphatic heterocycles. The van der Waals surface area contributed by atoms with Crippen LogP contribution in [0.25, 0.3) is 0 Å². The molecule has 2 nitrogen and oxygen atoms in total. The summed E-state index contributed by atoms with van der Waals surface area (Å²) in [6, 6.07) is 18.7. The molecule has 0 unspecified atom stereocenters. The highest BCUT2D eigenvalue weighted by molar-refractivity contribution is 5.42. The minimum absolute atomic E-state index is 0.184. The zero-order valence-electron chi connectivity index (χ0n) is 13.7. The Balaban J connectivity index is 2.06. The highest BCUT2D eigenvalue weighted by atomic mass is 16.3. The molecule has 116 valence electrons. The Morgan fingerprint density at radius 2 is 1.64 bits per heavy atom. The Morgan fingerprint density at radius 3 is 2.32 bits per heavy atom. The van der Waals surface area contributed by atoms with E-state index in [4.69, 9.17) is 0 Å². The molecule has 0 fully saturated rings. The van der Waals surface area contributed by atoms with Gasteiger partial charge in [0, 0.05) is 18.4 Å². The lowest BCUT2D eigenvalue weighted by Crippen LogP contribution is -2.48. The first-order valence-electron chi connectivity index (χ1n) is 7.94. The van der Waals surface area contributed by atoms with E-state index in [1.807, 2.05) is 24.3 Å². The highest BCUT2D eigenvalue weighted by Gasteiger charge is 2.53. The van der Waals surface area contributed by atoms with Crippen LogP contribution in [0.5, 0.6) is 0 Å². The molecule has 3 rings (SSSR count). The number of hydrogen-bond acceptors (Lipinski definition) is 2.